The van der Waals surface area contributed by atoms with Crippen LogP contribution in [-0.2, 0) is 9.59 Å². The molecule has 6 nitrogen and oxygen atoms in total. The third kappa shape index (κ3) is 4.83. The van der Waals surface area contributed by atoms with Crippen molar-refractivity contribution in [2.75, 3.05) is 16.8 Å². The van der Waals surface area contributed by atoms with E-state index in [2.05, 4.69) is 5.32 Å². The zero-order valence-corrected chi connectivity index (χ0v) is 18.8. The number of halogens is 1. The van der Waals surface area contributed by atoms with Crippen LogP contribution in [0.3, 0.4) is 0 Å². The Balaban J connectivity index is 1.46. The monoisotopic (exact) mass is 457 g/mol. The Labute approximate surface area is 192 Å². The minimum Gasteiger partial charge on any atom is -0.494 e. The quantitative estimate of drug-likeness (QED) is 0.586. The first kappa shape index (κ1) is 21.6. The highest BCUT2D eigenvalue weighted by Gasteiger charge is 2.49. The number of hydrogen-bond donors (Lipinski definition) is 1. The van der Waals surface area contributed by atoms with Gasteiger partial charge in [0.1, 0.15) is 11.8 Å². The minimum absolute atomic E-state index is 0.0354. The molecule has 8 heteroatoms. The van der Waals surface area contributed by atoms with Crippen molar-refractivity contribution in [3.63, 3.8) is 0 Å². The van der Waals surface area contributed by atoms with E-state index in [0.717, 1.165) is 25.0 Å². The second-order valence-corrected chi connectivity index (χ2v) is 8.51. The summed E-state index contributed by atoms with van der Waals surface area (Å²) in [5.74, 6) is 0.347. The van der Waals surface area contributed by atoms with Gasteiger partial charge >= 0.3 is 0 Å². The lowest BCUT2D eigenvalue weighted by Gasteiger charge is -2.23. The second kappa shape index (κ2) is 9.24. The van der Waals surface area contributed by atoms with Crippen LogP contribution in [0, 0.1) is 0 Å². The number of rotatable bonds is 8. The predicted molar refractivity (Wildman–Crippen MR) is 126 cm³/mol. The number of nitrogens with zero attached hydrogens (tertiary/aromatic N) is 2. The van der Waals surface area contributed by atoms with Crippen LogP contribution < -0.4 is 15.0 Å². The van der Waals surface area contributed by atoms with E-state index in [-0.39, 0.29) is 24.3 Å². The summed E-state index contributed by atoms with van der Waals surface area (Å²) >= 11 is 11.6. The number of ether oxygens (including phenoxy) is 1. The van der Waals surface area contributed by atoms with Crippen molar-refractivity contribution >= 4 is 52.1 Å². The lowest BCUT2D eigenvalue weighted by molar-refractivity contribution is -0.124. The normalized spacial score (nSPS) is 18.5. The van der Waals surface area contributed by atoms with Crippen LogP contribution in [0.1, 0.15) is 32.6 Å². The molecule has 1 heterocycles. The van der Waals surface area contributed by atoms with Crippen LogP contribution in [0.2, 0.25) is 5.02 Å². The molecule has 2 aliphatic rings. The Morgan fingerprint density at radius 3 is 2.45 bits per heavy atom. The maximum absolute atomic E-state index is 13.2. The highest BCUT2D eigenvalue weighted by Crippen LogP contribution is 2.37. The third-order valence-electron chi connectivity index (χ3n) is 5.27. The summed E-state index contributed by atoms with van der Waals surface area (Å²) < 4.78 is 5.57. The molecule has 2 amide bonds. The van der Waals surface area contributed by atoms with Crippen molar-refractivity contribution in [1.29, 1.82) is 0 Å². The van der Waals surface area contributed by atoms with Crippen LogP contribution in [0.25, 0.3) is 0 Å². The van der Waals surface area contributed by atoms with Crippen LogP contribution in [0.4, 0.5) is 11.4 Å². The standard InChI is InChI=1S/C23H24ClN3O3S/c1-2-13-30-19-11-5-16(6-12-19)25-21(28)14-20-22(29)27(18-7-3-15(24)4-8-18)23(31)26(20)17-9-10-17/h3-8,11-12,17,20H,2,9-10,13-14H2,1H3,(H,25,28). The third-order valence-corrected chi connectivity index (χ3v) is 5.91. The van der Waals surface area contributed by atoms with Crippen molar-refractivity contribution in [2.45, 2.75) is 44.7 Å². The van der Waals surface area contributed by atoms with Gasteiger partial charge in [-0.3, -0.25) is 14.5 Å². The van der Waals surface area contributed by atoms with Crippen molar-refractivity contribution in [3.05, 3.63) is 53.6 Å². The molecule has 4 rings (SSSR count). The van der Waals surface area contributed by atoms with Crippen molar-refractivity contribution in [1.82, 2.24) is 4.90 Å². The molecule has 1 N–H and O–H groups in total. The lowest BCUT2D eigenvalue weighted by atomic mass is 10.1. The van der Waals surface area contributed by atoms with Gasteiger partial charge in [-0.05, 0) is 80.0 Å². The summed E-state index contributed by atoms with van der Waals surface area (Å²) in [4.78, 5) is 29.4. The smallest absolute Gasteiger partial charge is 0.256 e. The van der Waals surface area contributed by atoms with Gasteiger partial charge in [0.15, 0.2) is 5.11 Å². The lowest BCUT2D eigenvalue weighted by Crippen LogP contribution is -2.39. The van der Waals surface area contributed by atoms with Gasteiger partial charge in [0.05, 0.1) is 18.7 Å². The Kier molecular flexibility index (Phi) is 6.43. The van der Waals surface area contributed by atoms with Gasteiger partial charge in [-0.25, -0.2) is 0 Å². The second-order valence-electron chi connectivity index (χ2n) is 7.71. The summed E-state index contributed by atoms with van der Waals surface area (Å²) in [6.07, 6.45) is 2.91. The molecule has 0 spiro atoms. The minimum atomic E-state index is -0.608. The van der Waals surface area contributed by atoms with Crippen molar-refractivity contribution in [3.8, 4) is 5.75 Å². The number of carbonyl (C=O) groups excluding carboxylic acids is 2. The molecule has 1 saturated heterocycles. The molecule has 0 radical (unpaired) electrons. The average molecular weight is 458 g/mol. The SMILES string of the molecule is CCCOc1ccc(NC(=O)CC2C(=O)N(c3ccc(Cl)cc3)C(=S)N2C2CC2)cc1. The Morgan fingerprint density at radius 2 is 1.84 bits per heavy atom. The van der Waals surface area contributed by atoms with Gasteiger partial charge in [0.25, 0.3) is 5.91 Å². The van der Waals surface area contributed by atoms with E-state index < -0.39 is 6.04 Å². The zero-order chi connectivity index (χ0) is 22.0. The fourth-order valence-corrected chi connectivity index (χ4v) is 4.23. The molecule has 2 fully saturated rings. The summed E-state index contributed by atoms with van der Waals surface area (Å²) in [6.45, 7) is 2.69. The largest absolute Gasteiger partial charge is 0.494 e. The van der Waals surface area contributed by atoms with Gasteiger partial charge in [0.2, 0.25) is 5.91 Å². The number of amides is 2. The van der Waals surface area contributed by atoms with Gasteiger partial charge in [-0.1, -0.05) is 18.5 Å². The molecule has 162 valence electrons. The molecule has 2 aromatic carbocycles. The average Bonchev–Trinajstić information content (AvgIpc) is 3.56. The first-order chi connectivity index (χ1) is 15.0. The number of benzene rings is 2. The maximum atomic E-state index is 13.2. The Hall–Kier alpha value is -2.64. The number of thiocarbonyl (C=S) groups is 1. The molecule has 1 aliphatic heterocycles. The summed E-state index contributed by atoms with van der Waals surface area (Å²) in [7, 11) is 0. The highest BCUT2D eigenvalue weighted by atomic mass is 35.5. The topological polar surface area (TPSA) is 61.9 Å². The number of nitrogens with one attached hydrogen (secondary N) is 1. The van der Waals surface area contributed by atoms with Crippen LogP contribution >= 0.6 is 23.8 Å². The predicted octanol–water partition coefficient (Wildman–Crippen LogP) is 4.62. The van der Waals surface area contributed by atoms with Gasteiger partial charge < -0.3 is 15.0 Å². The molecule has 31 heavy (non-hydrogen) atoms. The van der Waals surface area contributed by atoms with E-state index in [1.807, 2.05) is 24.0 Å². The van der Waals surface area contributed by atoms with E-state index in [9.17, 15) is 9.59 Å². The number of hydrogen-bond acceptors (Lipinski definition) is 4. The fourth-order valence-electron chi connectivity index (χ4n) is 3.63. The van der Waals surface area contributed by atoms with E-state index in [1.54, 1.807) is 36.4 Å². The molecule has 0 aromatic heterocycles. The molecule has 1 atom stereocenters. The first-order valence-corrected chi connectivity index (χ1v) is 11.2. The fraction of sp³-hybridized carbons (Fsp3) is 0.348. The van der Waals surface area contributed by atoms with Crippen molar-refractivity contribution in [2.24, 2.45) is 0 Å². The molecule has 2 aromatic rings. The summed E-state index contributed by atoms with van der Waals surface area (Å²) in [5, 5.41) is 3.91. The van der Waals surface area contributed by atoms with Crippen LogP contribution in [0.15, 0.2) is 48.5 Å². The van der Waals surface area contributed by atoms with Crippen molar-refractivity contribution < 1.29 is 14.3 Å². The molecule has 1 unspecified atom stereocenters. The number of anilines is 2. The van der Waals surface area contributed by atoms with Crippen LogP contribution in [-0.4, -0.2) is 40.5 Å². The summed E-state index contributed by atoms with van der Waals surface area (Å²) in [5.41, 5.74) is 1.32. The van der Waals surface area contributed by atoms with E-state index in [0.29, 0.717) is 28.1 Å². The Bertz CT molecular complexity index is 977. The molecular formula is C23H24ClN3O3S. The number of carbonyl (C=O) groups is 2. The maximum Gasteiger partial charge on any atom is 0.256 e. The zero-order valence-electron chi connectivity index (χ0n) is 17.2. The van der Waals surface area contributed by atoms with E-state index in [1.165, 1.54) is 4.90 Å². The first-order valence-electron chi connectivity index (χ1n) is 10.4. The van der Waals surface area contributed by atoms with Gasteiger partial charge in [-0.15, -0.1) is 0 Å². The molecular weight excluding hydrogens is 434 g/mol. The van der Waals surface area contributed by atoms with Gasteiger partial charge in [0, 0.05) is 16.8 Å². The van der Waals surface area contributed by atoms with Gasteiger partial charge in [-0.2, -0.15) is 0 Å². The molecule has 0 bridgehead atoms. The molecule has 1 aliphatic carbocycles. The molecule has 1 saturated carbocycles. The highest BCUT2D eigenvalue weighted by molar-refractivity contribution is 7.80. The van der Waals surface area contributed by atoms with E-state index >= 15 is 0 Å². The van der Waals surface area contributed by atoms with E-state index in [4.69, 9.17) is 28.6 Å². The summed E-state index contributed by atoms with van der Waals surface area (Å²) in [6, 6.07) is 13.8. The van der Waals surface area contributed by atoms with Crippen LogP contribution in [0.5, 0.6) is 5.75 Å². The Morgan fingerprint density at radius 1 is 1.16 bits per heavy atom.